The molecule has 0 N–H and O–H groups in total. The SMILES string of the molecule is Cc1cc(C)cc(-c2nnnc3c(C(F)(F)F)cccc23)c1.Cc1cc(C)cc(-c2nnnc3c(C)c4ccccc4cc23)c1.Cc1cc(C)cc(-c2nnnc3c(C)cccc23)c1.Cc1cc(C)cc(-c2nnnc3c(F)cccc23)c1. The Bertz CT molecular complexity index is 4390. The molecule has 4 aromatic heterocycles. The third-order valence-electron chi connectivity index (χ3n) is 14.0. The maximum atomic E-state index is 13.7. The van der Waals surface area contributed by atoms with Crippen LogP contribution < -0.4 is 0 Å². The monoisotopic (exact) mass is 1100 g/mol. The molecule has 16 heteroatoms. The summed E-state index contributed by atoms with van der Waals surface area (Å²) in [5.41, 5.74) is 19.3. The first kappa shape index (κ1) is 56.3. The van der Waals surface area contributed by atoms with Crippen LogP contribution in [0.15, 0.2) is 158 Å². The molecule has 0 unspecified atom stereocenters. The highest BCUT2D eigenvalue weighted by Crippen LogP contribution is 2.37. The van der Waals surface area contributed by atoms with E-state index in [4.69, 9.17) is 0 Å². The van der Waals surface area contributed by atoms with Gasteiger partial charge in [-0.1, -0.05) is 136 Å². The van der Waals surface area contributed by atoms with Crippen molar-refractivity contribution < 1.29 is 17.6 Å². The summed E-state index contributed by atoms with van der Waals surface area (Å²) in [6.07, 6.45) is -4.48. The number of aromatic nitrogens is 12. The van der Waals surface area contributed by atoms with Gasteiger partial charge < -0.3 is 0 Å². The molecule has 0 aliphatic rings. The number of nitrogens with zero attached hydrogens (tertiary/aromatic N) is 12. The molecule has 0 saturated heterocycles. The molecule has 13 rings (SSSR count). The first-order valence-corrected chi connectivity index (χ1v) is 26.7. The second-order valence-corrected chi connectivity index (χ2v) is 21.0. The van der Waals surface area contributed by atoms with Crippen molar-refractivity contribution in [1.29, 1.82) is 0 Å². The summed E-state index contributed by atoms with van der Waals surface area (Å²) in [5.74, 6) is -0.377. The number of aryl methyl sites for hydroxylation is 10. The van der Waals surface area contributed by atoms with Crippen LogP contribution >= 0.6 is 0 Å². The molecule has 412 valence electrons. The summed E-state index contributed by atoms with van der Waals surface area (Å²) in [5, 5.41) is 53.1. The van der Waals surface area contributed by atoms with Gasteiger partial charge in [-0.05, 0) is 179 Å². The zero-order chi connectivity index (χ0) is 58.7. The summed E-state index contributed by atoms with van der Waals surface area (Å²) in [6, 6.07) is 50.2. The Labute approximate surface area is 476 Å². The number of hydrogen-bond acceptors (Lipinski definition) is 12. The van der Waals surface area contributed by atoms with Crippen molar-refractivity contribution in [3.05, 3.63) is 225 Å². The smallest absolute Gasteiger partial charge is 0.205 e. The third-order valence-corrected chi connectivity index (χ3v) is 14.0. The van der Waals surface area contributed by atoms with Crippen LogP contribution in [-0.2, 0) is 6.18 Å². The van der Waals surface area contributed by atoms with E-state index in [2.05, 4.69) is 175 Å². The van der Waals surface area contributed by atoms with E-state index >= 15 is 0 Å². The summed E-state index contributed by atoms with van der Waals surface area (Å²) in [4.78, 5) is 0. The Hall–Kier alpha value is -9.96. The second-order valence-electron chi connectivity index (χ2n) is 21.0. The first-order valence-electron chi connectivity index (χ1n) is 26.7. The molecule has 0 radical (unpaired) electrons. The second kappa shape index (κ2) is 23.6. The van der Waals surface area contributed by atoms with E-state index in [-0.39, 0.29) is 16.9 Å². The van der Waals surface area contributed by atoms with Gasteiger partial charge in [0.05, 0.1) is 11.1 Å². The molecule has 0 saturated carbocycles. The quantitative estimate of drug-likeness (QED) is 0.122. The molecule has 0 amide bonds. The zero-order valence-electron chi connectivity index (χ0n) is 47.4. The van der Waals surface area contributed by atoms with Gasteiger partial charge in [0.15, 0.2) is 5.82 Å². The molecule has 0 fully saturated rings. The van der Waals surface area contributed by atoms with Crippen molar-refractivity contribution in [2.45, 2.75) is 75.4 Å². The molecule has 12 nitrogen and oxygen atoms in total. The molecule has 9 aromatic carbocycles. The number of halogens is 4. The lowest BCUT2D eigenvalue weighted by Crippen LogP contribution is -2.08. The molecular weight excluding hydrogens is 1050 g/mol. The lowest BCUT2D eigenvalue weighted by Gasteiger charge is -2.11. The summed E-state index contributed by atoms with van der Waals surface area (Å²) in [6.45, 7) is 20.4. The van der Waals surface area contributed by atoms with Gasteiger partial charge in [0.25, 0.3) is 0 Å². The van der Waals surface area contributed by atoms with Crippen molar-refractivity contribution >= 4 is 54.4 Å². The number of rotatable bonds is 4. The van der Waals surface area contributed by atoms with E-state index in [0.29, 0.717) is 22.2 Å². The topological polar surface area (TPSA) is 155 Å². The molecule has 83 heavy (non-hydrogen) atoms. The van der Waals surface area contributed by atoms with Gasteiger partial charge in [0.1, 0.15) is 39.3 Å². The van der Waals surface area contributed by atoms with Crippen LogP contribution in [0.2, 0.25) is 0 Å². The van der Waals surface area contributed by atoms with Crippen molar-refractivity contribution in [2.75, 3.05) is 0 Å². The molecule has 13 aromatic rings. The number of benzene rings is 9. The van der Waals surface area contributed by atoms with Crippen LogP contribution in [0.1, 0.15) is 61.2 Å². The van der Waals surface area contributed by atoms with Crippen LogP contribution in [0.5, 0.6) is 0 Å². The lowest BCUT2D eigenvalue weighted by atomic mass is 9.97. The zero-order valence-corrected chi connectivity index (χ0v) is 47.4. The minimum Gasteiger partial charge on any atom is -0.205 e. The largest absolute Gasteiger partial charge is 0.418 e. The molecule has 0 aliphatic heterocycles. The molecular formula is C67H56F4N12. The van der Waals surface area contributed by atoms with Crippen molar-refractivity contribution in [3.63, 3.8) is 0 Å². The standard InChI is InChI=1S/C20H17N3.C16H12F3N3.C16H15N3.C15H12FN3/c1-12-8-13(2)10-16(9-12)20-18-11-15-6-4-5-7-17(15)14(3)19(18)21-23-22-20;1-9-6-10(2)8-11(7-9)14-12-4-3-5-13(16(17,18)19)15(12)21-22-20-14;1-10-7-11(2)9-13(8-10)16-14-6-4-5-12(3)15(14)17-19-18-16;1-9-6-10(2)8-11(7-9)14-12-4-3-5-13(16)15(12)18-19-17-14/h4-11H,1-3H3;3-8H,1-2H3;4-9H,1-3H3;3-8H,1-2H3. The Balaban J connectivity index is 0.000000124. The maximum absolute atomic E-state index is 13.7. The van der Waals surface area contributed by atoms with Gasteiger partial charge in [-0.2, -0.15) is 13.2 Å². The number of alkyl halides is 3. The van der Waals surface area contributed by atoms with E-state index in [1.165, 1.54) is 45.2 Å². The van der Waals surface area contributed by atoms with Gasteiger partial charge in [0.2, 0.25) is 0 Å². The predicted molar refractivity (Wildman–Crippen MR) is 321 cm³/mol. The van der Waals surface area contributed by atoms with Crippen LogP contribution in [0.4, 0.5) is 17.6 Å². The van der Waals surface area contributed by atoms with Crippen LogP contribution in [0.25, 0.3) is 99.4 Å². The average molecular weight is 1110 g/mol. The van der Waals surface area contributed by atoms with E-state index in [1.54, 1.807) is 12.1 Å². The third kappa shape index (κ3) is 12.4. The van der Waals surface area contributed by atoms with Gasteiger partial charge in [0, 0.05) is 43.8 Å². The van der Waals surface area contributed by atoms with Gasteiger partial charge in [-0.15, -0.1) is 40.8 Å². The van der Waals surface area contributed by atoms with E-state index in [9.17, 15) is 17.6 Å². The molecule has 0 spiro atoms. The molecule has 4 heterocycles. The highest BCUT2D eigenvalue weighted by molar-refractivity contribution is 6.05. The molecule has 0 aliphatic carbocycles. The van der Waals surface area contributed by atoms with Gasteiger partial charge in [-0.25, -0.2) is 4.39 Å². The minimum absolute atomic E-state index is 0.181. The Morgan fingerprint density at radius 1 is 0.301 bits per heavy atom. The van der Waals surface area contributed by atoms with E-state index < -0.39 is 11.7 Å². The van der Waals surface area contributed by atoms with Crippen LogP contribution in [-0.4, -0.2) is 61.6 Å². The van der Waals surface area contributed by atoms with E-state index in [0.717, 1.165) is 94.9 Å². The highest BCUT2D eigenvalue weighted by Gasteiger charge is 2.34. The fraction of sp³-hybridized carbons (Fsp3) is 0.164. The predicted octanol–water partition coefficient (Wildman–Crippen LogP) is 16.2. The van der Waals surface area contributed by atoms with Crippen molar-refractivity contribution in [1.82, 2.24) is 61.6 Å². The summed E-state index contributed by atoms with van der Waals surface area (Å²) in [7, 11) is 0. The molecule has 0 bridgehead atoms. The molecule has 0 atom stereocenters. The fourth-order valence-electron chi connectivity index (χ4n) is 10.7. The van der Waals surface area contributed by atoms with Gasteiger partial charge >= 0.3 is 6.18 Å². The highest BCUT2D eigenvalue weighted by atomic mass is 19.4. The lowest BCUT2D eigenvalue weighted by molar-refractivity contribution is -0.136. The maximum Gasteiger partial charge on any atom is 0.418 e. The minimum atomic E-state index is -4.48. The number of hydrogen-bond donors (Lipinski definition) is 0. The van der Waals surface area contributed by atoms with Crippen LogP contribution in [0, 0.1) is 75.1 Å². The van der Waals surface area contributed by atoms with Crippen molar-refractivity contribution in [2.24, 2.45) is 0 Å². The average Bonchev–Trinajstić information content (AvgIpc) is 3.45. The Morgan fingerprint density at radius 3 is 1.11 bits per heavy atom. The Kier molecular flexibility index (Phi) is 16.0. The first-order chi connectivity index (χ1) is 39.8. The normalized spacial score (nSPS) is 11.3. The summed E-state index contributed by atoms with van der Waals surface area (Å²) < 4.78 is 53.0. The summed E-state index contributed by atoms with van der Waals surface area (Å²) >= 11 is 0. The van der Waals surface area contributed by atoms with E-state index in [1.807, 2.05) is 83.1 Å². The number of fused-ring (bicyclic) bond motifs is 5. The van der Waals surface area contributed by atoms with Crippen LogP contribution in [0.3, 0.4) is 0 Å². The van der Waals surface area contributed by atoms with Crippen molar-refractivity contribution in [3.8, 4) is 45.0 Å². The Morgan fingerprint density at radius 2 is 0.651 bits per heavy atom. The fourth-order valence-corrected chi connectivity index (χ4v) is 10.7. The van der Waals surface area contributed by atoms with Gasteiger partial charge in [-0.3, -0.25) is 0 Å².